The first-order chi connectivity index (χ1) is 15.4. The van der Waals surface area contributed by atoms with Gasteiger partial charge in [-0.05, 0) is 75.9 Å². The molecule has 2 aliphatic heterocycles. The Morgan fingerprint density at radius 2 is 2.00 bits per heavy atom. The van der Waals surface area contributed by atoms with Gasteiger partial charge >= 0.3 is 0 Å². The van der Waals surface area contributed by atoms with Gasteiger partial charge in [0.1, 0.15) is 6.54 Å². The summed E-state index contributed by atoms with van der Waals surface area (Å²) < 4.78 is 5.82. The van der Waals surface area contributed by atoms with E-state index < -0.39 is 11.1 Å². The quantitative estimate of drug-likeness (QED) is 0.600. The van der Waals surface area contributed by atoms with Gasteiger partial charge in [0.15, 0.2) is 11.5 Å². The van der Waals surface area contributed by atoms with Crippen molar-refractivity contribution in [1.82, 2.24) is 9.80 Å². The van der Waals surface area contributed by atoms with Crippen molar-refractivity contribution in [2.24, 2.45) is 0 Å². The molecule has 0 bridgehead atoms. The maximum absolute atomic E-state index is 12.9. The van der Waals surface area contributed by atoms with Crippen LogP contribution in [0.4, 0.5) is 4.79 Å². The number of thioether (sulfide) groups is 1. The standard InChI is InChI=1S/C23H21BrN2O5S/c1-2-31-18-10-14(9-17(24)21(18)28)11-19-22(29)26(23(30)32-19)13-20(27)25-8-7-15-5-3-4-6-16(15)12-25/h3-6,9-11,28H,2,7-8,12-13H2,1H3/b19-11+. The maximum Gasteiger partial charge on any atom is 0.294 e. The Bertz CT molecular complexity index is 1130. The summed E-state index contributed by atoms with van der Waals surface area (Å²) in [5.74, 6) is -0.527. The van der Waals surface area contributed by atoms with E-state index in [2.05, 4.69) is 22.0 Å². The van der Waals surface area contributed by atoms with Gasteiger partial charge in [-0.15, -0.1) is 0 Å². The van der Waals surface area contributed by atoms with Gasteiger partial charge in [-0.25, -0.2) is 0 Å². The Kier molecular flexibility index (Phi) is 6.57. The normalized spacial score (nSPS) is 17.1. The summed E-state index contributed by atoms with van der Waals surface area (Å²) in [7, 11) is 0. The average Bonchev–Trinajstić information content (AvgIpc) is 3.04. The Balaban J connectivity index is 1.48. The number of phenols is 1. The molecule has 1 N–H and O–H groups in total. The predicted molar refractivity (Wildman–Crippen MR) is 125 cm³/mol. The number of carbonyl (C=O) groups excluding carboxylic acids is 3. The fourth-order valence-electron chi connectivity index (χ4n) is 3.67. The third-order valence-electron chi connectivity index (χ3n) is 5.30. The van der Waals surface area contributed by atoms with Gasteiger partial charge in [-0.1, -0.05) is 24.3 Å². The maximum atomic E-state index is 12.9. The van der Waals surface area contributed by atoms with E-state index in [1.165, 1.54) is 5.56 Å². The highest BCUT2D eigenvalue weighted by atomic mass is 79.9. The minimum Gasteiger partial charge on any atom is -0.503 e. The van der Waals surface area contributed by atoms with E-state index in [0.29, 0.717) is 29.7 Å². The summed E-state index contributed by atoms with van der Waals surface area (Å²) in [6.07, 6.45) is 2.31. The summed E-state index contributed by atoms with van der Waals surface area (Å²) in [6.45, 7) is 2.91. The predicted octanol–water partition coefficient (Wildman–Crippen LogP) is 4.17. The average molecular weight is 517 g/mol. The first-order valence-electron chi connectivity index (χ1n) is 10.1. The van der Waals surface area contributed by atoms with E-state index in [0.717, 1.165) is 28.6 Å². The molecule has 9 heteroatoms. The van der Waals surface area contributed by atoms with E-state index in [1.54, 1.807) is 30.0 Å². The van der Waals surface area contributed by atoms with Crippen molar-refractivity contribution in [2.45, 2.75) is 19.9 Å². The number of fused-ring (bicyclic) bond motifs is 1. The smallest absolute Gasteiger partial charge is 0.294 e. The van der Waals surface area contributed by atoms with E-state index >= 15 is 0 Å². The molecule has 0 saturated carbocycles. The Morgan fingerprint density at radius 1 is 1.25 bits per heavy atom. The summed E-state index contributed by atoms with van der Waals surface area (Å²) in [6, 6.07) is 11.2. The van der Waals surface area contributed by atoms with E-state index in [9.17, 15) is 19.5 Å². The fourth-order valence-corrected chi connectivity index (χ4v) is 4.97. The summed E-state index contributed by atoms with van der Waals surface area (Å²) in [4.78, 5) is 41.0. The molecule has 1 saturated heterocycles. The highest BCUT2D eigenvalue weighted by molar-refractivity contribution is 9.10. The molecule has 32 heavy (non-hydrogen) atoms. The van der Waals surface area contributed by atoms with Crippen LogP contribution in [-0.2, 0) is 22.6 Å². The Labute approximate surface area is 198 Å². The SMILES string of the molecule is CCOc1cc(/C=C2/SC(=O)N(CC(=O)N3CCc4ccccc4C3)C2=O)cc(Br)c1O. The van der Waals surface area contributed by atoms with Crippen molar-refractivity contribution in [3.05, 3.63) is 62.5 Å². The first kappa shape index (κ1) is 22.4. The molecule has 4 rings (SSSR count). The number of hydrogen-bond acceptors (Lipinski definition) is 6. The lowest BCUT2D eigenvalue weighted by atomic mass is 10.00. The number of ether oxygens (including phenoxy) is 1. The van der Waals surface area contributed by atoms with Crippen LogP contribution in [-0.4, -0.2) is 51.7 Å². The van der Waals surface area contributed by atoms with Gasteiger partial charge in [0.25, 0.3) is 11.1 Å². The topological polar surface area (TPSA) is 87.2 Å². The molecule has 0 spiro atoms. The van der Waals surface area contributed by atoms with Crippen LogP contribution in [0, 0.1) is 0 Å². The van der Waals surface area contributed by atoms with Crippen molar-refractivity contribution < 1.29 is 24.2 Å². The van der Waals surface area contributed by atoms with Crippen molar-refractivity contribution >= 4 is 50.8 Å². The van der Waals surface area contributed by atoms with Crippen molar-refractivity contribution in [3.8, 4) is 11.5 Å². The van der Waals surface area contributed by atoms with Gasteiger partial charge in [-0.2, -0.15) is 0 Å². The number of aromatic hydroxyl groups is 1. The van der Waals surface area contributed by atoms with Gasteiger partial charge in [0, 0.05) is 13.1 Å². The van der Waals surface area contributed by atoms with E-state index in [4.69, 9.17) is 4.74 Å². The van der Waals surface area contributed by atoms with E-state index in [-0.39, 0.29) is 28.9 Å². The molecule has 2 aromatic rings. The van der Waals surface area contributed by atoms with Crippen molar-refractivity contribution in [2.75, 3.05) is 19.7 Å². The molecule has 7 nitrogen and oxygen atoms in total. The zero-order valence-electron chi connectivity index (χ0n) is 17.3. The number of carbonyl (C=O) groups is 3. The van der Waals surface area contributed by atoms with Gasteiger partial charge in [0.05, 0.1) is 16.0 Å². The van der Waals surface area contributed by atoms with Crippen LogP contribution in [0.3, 0.4) is 0 Å². The van der Waals surface area contributed by atoms with Crippen LogP contribution in [0.2, 0.25) is 0 Å². The van der Waals surface area contributed by atoms with Crippen molar-refractivity contribution in [3.63, 3.8) is 0 Å². The van der Waals surface area contributed by atoms with Crippen LogP contribution < -0.4 is 4.74 Å². The lowest BCUT2D eigenvalue weighted by molar-refractivity contribution is -0.136. The first-order valence-corrected chi connectivity index (χ1v) is 11.7. The Hall–Kier alpha value is -2.78. The summed E-state index contributed by atoms with van der Waals surface area (Å²) in [5, 5.41) is 9.59. The number of imide groups is 1. The second-order valence-corrected chi connectivity index (χ2v) is 9.23. The van der Waals surface area contributed by atoms with Gasteiger partial charge < -0.3 is 14.7 Å². The minimum absolute atomic E-state index is 0.0363. The highest BCUT2D eigenvalue weighted by Crippen LogP contribution is 2.38. The number of nitrogens with zero attached hydrogens (tertiary/aromatic N) is 2. The molecule has 0 radical (unpaired) electrons. The van der Waals surface area contributed by atoms with Crippen LogP contribution in [0.15, 0.2) is 45.8 Å². The highest BCUT2D eigenvalue weighted by Gasteiger charge is 2.37. The molecule has 166 valence electrons. The van der Waals surface area contributed by atoms with E-state index in [1.807, 2.05) is 18.2 Å². The molecular weight excluding hydrogens is 496 g/mol. The molecule has 0 aliphatic carbocycles. The number of halogens is 1. The number of phenolic OH excluding ortho intramolecular Hbond substituents is 1. The van der Waals surface area contributed by atoms with Crippen molar-refractivity contribution in [1.29, 1.82) is 0 Å². The number of amides is 3. The van der Waals surface area contributed by atoms with Crippen LogP contribution in [0.25, 0.3) is 6.08 Å². The number of benzene rings is 2. The lowest BCUT2D eigenvalue weighted by Gasteiger charge is -2.29. The summed E-state index contributed by atoms with van der Waals surface area (Å²) >= 11 is 4.06. The van der Waals surface area contributed by atoms with Gasteiger partial charge in [-0.3, -0.25) is 19.3 Å². The van der Waals surface area contributed by atoms with Crippen LogP contribution in [0.1, 0.15) is 23.6 Å². The van der Waals surface area contributed by atoms with Gasteiger partial charge in [0.2, 0.25) is 5.91 Å². The summed E-state index contributed by atoms with van der Waals surface area (Å²) in [5.41, 5.74) is 2.89. The molecule has 2 aliphatic rings. The largest absolute Gasteiger partial charge is 0.503 e. The molecule has 0 unspecified atom stereocenters. The third-order valence-corrected chi connectivity index (χ3v) is 6.81. The monoisotopic (exact) mass is 516 g/mol. The lowest BCUT2D eigenvalue weighted by Crippen LogP contribution is -2.44. The zero-order chi connectivity index (χ0) is 22.8. The third kappa shape index (κ3) is 4.54. The molecule has 2 aromatic carbocycles. The molecule has 0 atom stereocenters. The zero-order valence-corrected chi connectivity index (χ0v) is 19.7. The fraction of sp³-hybridized carbons (Fsp3) is 0.261. The molecule has 0 aromatic heterocycles. The molecule has 3 amide bonds. The molecule has 2 heterocycles. The van der Waals surface area contributed by atoms with Crippen LogP contribution >= 0.6 is 27.7 Å². The second-order valence-electron chi connectivity index (χ2n) is 7.38. The molecular formula is C23H21BrN2O5S. The number of rotatable bonds is 5. The Morgan fingerprint density at radius 3 is 2.75 bits per heavy atom. The second kappa shape index (κ2) is 9.38. The van der Waals surface area contributed by atoms with Crippen LogP contribution in [0.5, 0.6) is 11.5 Å². The molecule has 1 fully saturated rings. The minimum atomic E-state index is -0.507. The number of hydrogen-bond donors (Lipinski definition) is 1.